The average molecular weight is 552 g/mol. The third-order valence-corrected chi connectivity index (χ3v) is 8.01. The smallest absolute Gasteiger partial charge is 0.243 e. The van der Waals surface area contributed by atoms with E-state index in [0.717, 1.165) is 30.4 Å². The summed E-state index contributed by atoms with van der Waals surface area (Å²) in [6.07, 6.45) is 3.34. The van der Waals surface area contributed by atoms with E-state index in [1.165, 1.54) is 0 Å². The number of rotatable bonds is 13. The monoisotopic (exact) mass is 551 g/mol. The zero-order valence-electron chi connectivity index (χ0n) is 23.6. The molecule has 0 radical (unpaired) electrons. The van der Waals surface area contributed by atoms with Gasteiger partial charge in [-0.25, -0.2) is 0 Å². The van der Waals surface area contributed by atoms with Gasteiger partial charge in [-0.15, -0.1) is 0 Å². The second-order valence-corrected chi connectivity index (χ2v) is 11.0. The molecular formula is C31H41N3O6. The SMILES string of the molecule is COc1ccc(C[C@H](NC(=O)[C@H](C)N2CCCC[C@@H]2CO)C(=O)N[C@@H](Cc2ccccc2)C(=O)[C@@]2(C)CO2)cc1. The van der Waals surface area contributed by atoms with E-state index in [4.69, 9.17) is 9.47 Å². The van der Waals surface area contributed by atoms with Crippen LogP contribution in [0.2, 0.25) is 0 Å². The van der Waals surface area contributed by atoms with Crippen molar-refractivity contribution in [3.63, 3.8) is 0 Å². The molecule has 0 saturated carbocycles. The summed E-state index contributed by atoms with van der Waals surface area (Å²) >= 11 is 0. The number of ketones is 1. The molecule has 3 N–H and O–H groups in total. The van der Waals surface area contributed by atoms with Crippen LogP contribution in [-0.4, -0.2) is 84.2 Å². The molecule has 0 unspecified atom stereocenters. The van der Waals surface area contributed by atoms with Gasteiger partial charge in [0.15, 0.2) is 5.78 Å². The van der Waals surface area contributed by atoms with Crippen LogP contribution < -0.4 is 15.4 Å². The van der Waals surface area contributed by atoms with Crippen LogP contribution in [0.4, 0.5) is 0 Å². The highest BCUT2D eigenvalue weighted by molar-refractivity contribution is 5.98. The predicted molar refractivity (Wildman–Crippen MR) is 151 cm³/mol. The third-order valence-electron chi connectivity index (χ3n) is 8.01. The number of piperidine rings is 1. The molecule has 216 valence electrons. The fourth-order valence-electron chi connectivity index (χ4n) is 5.33. The molecule has 2 aliphatic heterocycles. The Labute approximate surface area is 236 Å². The van der Waals surface area contributed by atoms with Crippen LogP contribution in [0.25, 0.3) is 0 Å². The van der Waals surface area contributed by atoms with Crippen molar-refractivity contribution in [2.45, 2.75) is 75.7 Å². The van der Waals surface area contributed by atoms with Gasteiger partial charge in [-0.2, -0.15) is 0 Å². The standard InChI is InChI=1S/C31H41N3O6/c1-21(34-16-8-7-11-24(34)19-35)29(37)33-27(18-23-12-14-25(39-3)15-13-23)30(38)32-26(28(36)31(2)20-40-31)17-22-9-5-4-6-10-22/h4-6,9-10,12-15,21,24,26-27,35H,7-8,11,16-20H2,1-3H3,(H,32,38)(H,33,37)/t21-,24+,26-,27-,31+/m0/s1. The zero-order chi connectivity index (χ0) is 28.7. The number of ether oxygens (including phenoxy) is 2. The topological polar surface area (TPSA) is 120 Å². The summed E-state index contributed by atoms with van der Waals surface area (Å²) in [6, 6.07) is 14.5. The third kappa shape index (κ3) is 7.47. The van der Waals surface area contributed by atoms with Crippen molar-refractivity contribution in [3.8, 4) is 5.75 Å². The van der Waals surface area contributed by atoms with E-state index in [0.29, 0.717) is 25.3 Å². The zero-order valence-corrected chi connectivity index (χ0v) is 23.6. The second-order valence-electron chi connectivity index (χ2n) is 11.0. The number of benzene rings is 2. The van der Waals surface area contributed by atoms with Crippen LogP contribution in [-0.2, 0) is 32.0 Å². The molecule has 2 saturated heterocycles. The lowest BCUT2D eigenvalue weighted by Gasteiger charge is -2.38. The summed E-state index contributed by atoms with van der Waals surface area (Å²) < 4.78 is 10.7. The van der Waals surface area contributed by atoms with Gasteiger partial charge in [-0.3, -0.25) is 19.3 Å². The molecule has 2 aliphatic rings. The maximum atomic E-state index is 13.8. The van der Waals surface area contributed by atoms with E-state index in [2.05, 4.69) is 10.6 Å². The molecule has 40 heavy (non-hydrogen) atoms. The highest BCUT2D eigenvalue weighted by atomic mass is 16.6. The number of hydrogen-bond acceptors (Lipinski definition) is 7. The number of methoxy groups -OCH3 is 1. The number of carbonyl (C=O) groups excluding carboxylic acids is 3. The summed E-state index contributed by atoms with van der Waals surface area (Å²) in [5, 5.41) is 15.7. The lowest BCUT2D eigenvalue weighted by Crippen LogP contribution is -2.58. The van der Waals surface area contributed by atoms with Crippen LogP contribution in [0.15, 0.2) is 54.6 Å². The van der Waals surface area contributed by atoms with Crippen LogP contribution in [0.5, 0.6) is 5.75 Å². The molecule has 0 bridgehead atoms. The van der Waals surface area contributed by atoms with Gasteiger partial charge < -0.3 is 25.2 Å². The molecule has 9 nitrogen and oxygen atoms in total. The molecule has 0 aromatic heterocycles. The Hall–Kier alpha value is -3.27. The van der Waals surface area contributed by atoms with E-state index in [1.807, 2.05) is 47.4 Å². The highest BCUT2D eigenvalue weighted by Crippen LogP contribution is 2.29. The van der Waals surface area contributed by atoms with Gasteiger partial charge in [0.25, 0.3) is 0 Å². The van der Waals surface area contributed by atoms with E-state index < -0.39 is 29.6 Å². The van der Waals surface area contributed by atoms with Crippen LogP contribution in [0.1, 0.15) is 44.2 Å². The van der Waals surface area contributed by atoms with Crippen molar-refractivity contribution in [2.24, 2.45) is 0 Å². The van der Waals surface area contributed by atoms with Gasteiger partial charge in [0.1, 0.15) is 17.4 Å². The number of nitrogens with one attached hydrogen (secondary N) is 2. The fraction of sp³-hybridized carbons (Fsp3) is 0.516. The van der Waals surface area contributed by atoms with Crippen molar-refractivity contribution >= 4 is 17.6 Å². The van der Waals surface area contributed by atoms with Crippen molar-refractivity contribution in [1.82, 2.24) is 15.5 Å². The molecule has 5 atom stereocenters. The Bertz CT molecular complexity index is 1150. The molecule has 0 aliphatic carbocycles. The molecule has 0 spiro atoms. The Kier molecular flexibility index (Phi) is 9.95. The van der Waals surface area contributed by atoms with Gasteiger partial charge in [0.2, 0.25) is 11.8 Å². The second kappa shape index (κ2) is 13.4. The Morgan fingerprint density at radius 1 is 1.00 bits per heavy atom. The number of aliphatic hydroxyl groups excluding tert-OH is 1. The van der Waals surface area contributed by atoms with E-state index >= 15 is 0 Å². The van der Waals surface area contributed by atoms with Crippen molar-refractivity contribution in [3.05, 3.63) is 65.7 Å². The first kappa shape index (κ1) is 29.7. The summed E-state index contributed by atoms with van der Waals surface area (Å²) in [5.74, 6) is -0.231. The van der Waals surface area contributed by atoms with E-state index in [1.54, 1.807) is 33.1 Å². The minimum absolute atomic E-state index is 0.0164. The quantitative estimate of drug-likeness (QED) is 0.326. The van der Waals surface area contributed by atoms with Crippen LogP contribution in [0.3, 0.4) is 0 Å². The molecule has 2 heterocycles. The molecule has 4 rings (SSSR count). The molecule has 2 amide bonds. The number of Topliss-reactive ketones (excluding diaryl/α,β-unsaturated/α-hetero) is 1. The first-order valence-electron chi connectivity index (χ1n) is 14.1. The first-order chi connectivity index (χ1) is 19.2. The fourth-order valence-corrected chi connectivity index (χ4v) is 5.33. The number of amides is 2. The number of carbonyl (C=O) groups is 3. The maximum Gasteiger partial charge on any atom is 0.243 e. The molecular weight excluding hydrogens is 510 g/mol. The summed E-state index contributed by atoms with van der Waals surface area (Å²) in [4.78, 5) is 42.6. The van der Waals surface area contributed by atoms with Gasteiger partial charge in [0.05, 0.1) is 32.4 Å². The lowest BCUT2D eigenvalue weighted by atomic mass is 9.94. The normalized spacial score (nSPS) is 22.9. The number of likely N-dealkylation sites (tertiary alicyclic amines) is 1. The number of hydrogen-bond donors (Lipinski definition) is 3. The largest absolute Gasteiger partial charge is 0.497 e. The van der Waals surface area contributed by atoms with Gasteiger partial charge in [-0.05, 0) is 62.9 Å². The Balaban J connectivity index is 1.54. The molecule has 2 aromatic carbocycles. The average Bonchev–Trinajstić information content (AvgIpc) is 3.74. The molecule has 2 aromatic rings. The van der Waals surface area contributed by atoms with Gasteiger partial charge >= 0.3 is 0 Å². The van der Waals surface area contributed by atoms with Crippen molar-refractivity contribution in [2.75, 3.05) is 26.9 Å². The van der Waals surface area contributed by atoms with Crippen molar-refractivity contribution < 1.29 is 29.0 Å². The summed E-state index contributed by atoms with van der Waals surface area (Å²) in [5.41, 5.74) is 0.835. The van der Waals surface area contributed by atoms with Gasteiger partial charge in [0, 0.05) is 12.5 Å². The summed E-state index contributed by atoms with van der Waals surface area (Å²) in [7, 11) is 1.58. The molecule has 2 fully saturated rings. The number of nitrogens with zero attached hydrogens (tertiary/aromatic N) is 1. The Morgan fingerprint density at radius 3 is 2.25 bits per heavy atom. The molecule has 9 heteroatoms. The minimum atomic E-state index is -0.917. The number of epoxide rings is 1. The van der Waals surface area contributed by atoms with Crippen LogP contribution >= 0.6 is 0 Å². The van der Waals surface area contributed by atoms with E-state index in [9.17, 15) is 19.5 Å². The highest BCUT2D eigenvalue weighted by Gasteiger charge is 2.50. The Morgan fingerprint density at radius 2 is 1.62 bits per heavy atom. The van der Waals surface area contributed by atoms with Crippen LogP contribution in [0, 0.1) is 0 Å². The predicted octanol–water partition coefficient (Wildman–Crippen LogP) is 2.04. The van der Waals surface area contributed by atoms with E-state index in [-0.39, 0.29) is 30.8 Å². The maximum absolute atomic E-state index is 13.8. The van der Waals surface area contributed by atoms with Gasteiger partial charge in [-0.1, -0.05) is 48.9 Å². The van der Waals surface area contributed by atoms with Crippen molar-refractivity contribution in [1.29, 1.82) is 0 Å². The first-order valence-corrected chi connectivity index (χ1v) is 14.1. The minimum Gasteiger partial charge on any atom is -0.497 e. The summed E-state index contributed by atoms with van der Waals surface area (Å²) in [6.45, 7) is 4.55. The number of aliphatic hydroxyl groups is 1. The lowest BCUT2D eigenvalue weighted by molar-refractivity contribution is -0.134.